The molecule has 0 aliphatic rings. The number of hydrogen-bond acceptors (Lipinski definition) is 4. The Morgan fingerprint density at radius 3 is 2.75 bits per heavy atom. The van der Waals surface area contributed by atoms with Gasteiger partial charge in [-0.15, -0.1) is 11.3 Å². The molecule has 0 aromatic carbocycles. The Hall–Kier alpha value is -0.740. The summed E-state index contributed by atoms with van der Waals surface area (Å²) in [5.41, 5.74) is 0.777. The van der Waals surface area contributed by atoms with E-state index < -0.39 is 0 Å². The summed E-state index contributed by atoms with van der Waals surface area (Å²) in [4.78, 5) is 16.0. The molecular formula is C12H19NO2S. The normalized spacial score (nSPS) is 11.8. The maximum absolute atomic E-state index is 11.7. The number of carbonyl (C=O) groups is 1. The lowest BCUT2D eigenvalue weighted by Gasteiger charge is -2.21. The second-order valence-corrected chi connectivity index (χ2v) is 5.50. The lowest BCUT2D eigenvalue weighted by atomic mass is 10.00. The maximum Gasteiger partial charge on any atom is 0.139 e. The molecule has 0 bridgehead atoms. The molecule has 1 rings (SSSR count). The highest BCUT2D eigenvalue weighted by atomic mass is 32.1. The van der Waals surface area contributed by atoms with Crippen molar-refractivity contribution in [3.05, 3.63) is 16.1 Å². The SMILES string of the molecule is COC(C)(C)CCC(=O)Cc1nc(C)cs1. The number of methoxy groups -OCH3 is 1. The average molecular weight is 241 g/mol. The van der Waals surface area contributed by atoms with Crippen molar-refractivity contribution in [1.82, 2.24) is 4.98 Å². The summed E-state index contributed by atoms with van der Waals surface area (Å²) in [6.45, 7) is 5.93. The van der Waals surface area contributed by atoms with Crippen LogP contribution in [0.15, 0.2) is 5.38 Å². The Morgan fingerprint density at radius 1 is 1.56 bits per heavy atom. The van der Waals surface area contributed by atoms with Crippen molar-refractivity contribution in [2.45, 2.75) is 45.6 Å². The van der Waals surface area contributed by atoms with Gasteiger partial charge in [0.2, 0.25) is 0 Å². The van der Waals surface area contributed by atoms with Gasteiger partial charge in [-0.2, -0.15) is 0 Å². The van der Waals surface area contributed by atoms with Crippen molar-refractivity contribution in [2.75, 3.05) is 7.11 Å². The number of nitrogens with zero attached hydrogens (tertiary/aromatic N) is 1. The van der Waals surface area contributed by atoms with Crippen LogP contribution in [0.2, 0.25) is 0 Å². The summed E-state index contributed by atoms with van der Waals surface area (Å²) in [6.07, 6.45) is 1.77. The molecule has 0 fully saturated rings. The molecule has 1 aromatic rings. The number of rotatable bonds is 6. The standard InChI is InChI=1S/C12H19NO2S/c1-9-8-16-11(13-9)7-10(14)5-6-12(2,3)15-4/h8H,5-7H2,1-4H3. The Bertz CT molecular complexity index is 358. The Kier molecular flexibility index (Phi) is 4.62. The largest absolute Gasteiger partial charge is 0.379 e. The van der Waals surface area contributed by atoms with E-state index in [0.717, 1.165) is 17.1 Å². The van der Waals surface area contributed by atoms with Crippen LogP contribution in [-0.2, 0) is 16.0 Å². The van der Waals surface area contributed by atoms with Crippen molar-refractivity contribution in [3.63, 3.8) is 0 Å². The van der Waals surface area contributed by atoms with E-state index in [2.05, 4.69) is 4.98 Å². The molecular weight excluding hydrogens is 222 g/mol. The van der Waals surface area contributed by atoms with Crippen LogP contribution in [0.1, 0.15) is 37.4 Å². The average Bonchev–Trinajstić information content (AvgIpc) is 2.61. The first-order valence-corrected chi connectivity index (χ1v) is 6.29. The third-order valence-corrected chi connectivity index (χ3v) is 3.54. The van der Waals surface area contributed by atoms with E-state index in [4.69, 9.17) is 4.74 Å². The van der Waals surface area contributed by atoms with Gasteiger partial charge < -0.3 is 4.74 Å². The molecule has 0 radical (unpaired) electrons. The van der Waals surface area contributed by atoms with Gasteiger partial charge in [0.1, 0.15) is 10.8 Å². The number of aryl methyl sites for hydroxylation is 1. The molecule has 0 unspecified atom stereocenters. The zero-order chi connectivity index (χ0) is 12.2. The molecule has 4 heteroatoms. The first-order valence-electron chi connectivity index (χ1n) is 5.41. The van der Waals surface area contributed by atoms with Gasteiger partial charge in [0.15, 0.2) is 0 Å². The van der Waals surface area contributed by atoms with Crippen LogP contribution in [0.25, 0.3) is 0 Å². The number of carbonyl (C=O) groups excluding carboxylic acids is 1. The molecule has 0 N–H and O–H groups in total. The molecule has 1 aromatic heterocycles. The van der Waals surface area contributed by atoms with Gasteiger partial charge in [-0.1, -0.05) is 0 Å². The fourth-order valence-electron chi connectivity index (χ4n) is 1.28. The summed E-state index contributed by atoms with van der Waals surface area (Å²) < 4.78 is 5.28. The van der Waals surface area contributed by atoms with Crippen molar-refractivity contribution >= 4 is 17.1 Å². The van der Waals surface area contributed by atoms with E-state index in [-0.39, 0.29) is 11.4 Å². The van der Waals surface area contributed by atoms with Crippen LogP contribution >= 0.6 is 11.3 Å². The van der Waals surface area contributed by atoms with Crippen LogP contribution in [0.4, 0.5) is 0 Å². The lowest BCUT2D eigenvalue weighted by molar-refractivity contribution is -0.119. The third kappa shape index (κ3) is 4.41. The van der Waals surface area contributed by atoms with Crippen LogP contribution in [0, 0.1) is 6.92 Å². The Morgan fingerprint density at radius 2 is 2.25 bits per heavy atom. The Labute approximate surface area is 101 Å². The van der Waals surface area contributed by atoms with Gasteiger partial charge in [-0.25, -0.2) is 4.98 Å². The molecule has 0 saturated carbocycles. The smallest absolute Gasteiger partial charge is 0.139 e. The lowest BCUT2D eigenvalue weighted by Crippen LogP contribution is -2.23. The summed E-state index contributed by atoms with van der Waals surface area (Å²) in [5.74, 6) is 0.236. The third-order valence-electron chi connectivity index (χ3n) is 2.57. The zero-order valence-corrected chi connectivity index (χ0v) is 11.2. The van der Waals surface area contributed by atoms with Gasteiger partial charge >= 0.3 is 0 Å². The van der Waals surface area contributed by atoms with E-state index in [9.17, 15) is 4.79 Å². The van der Waals surface area contributed by atoms with Crippen LogP contribution in [0.5, 0.6) is 0 Å². The van der Waals surface area contributed by atoms with Gasteiger partial charge in [0, 0.05) is 24.6 Å². The molecule has 0 amide bonds. The molecule has 1 heterocycles. The molecule has 0 aliphatic carbocycles. The summed E-state index contributed by atoms with van der Waals surface area (Å²) in [6, 6.07) is 0. The van der Waals surface area contributed by atoms with Gasteiger partial charge in [0.25, 0.3) is 0 Å². The highest BCUT2D eigenvalue weighted by molar-refractivity contribution is 7.09. The number of hydrogen-bond donors (Lipinski definition) is 0. The van der Waals surface area contributed by atoms with Gasteiger partial charge in [-0.3, -0.25) is 4.79 Å². The van der Waals surface area contributed by atoms with Crippen molar-refractivity contribution in [3.8, 4) is 0 Å². The minimum atomic E-state index is -0.214. The summed E-state index contributed by atoms with van der Waals surface area (Å²) in [7, 11) is 1.68. The first kappa shape index (κ1) is 13.3. The minimum absolute atomic E-state index is 0.214. The highest BCUT2D eigenvalue weighted by Crippen LogP contribution is 2.17. The molecule has 90 valence electrons. The zero-order valence-electron chi connectivity index (χ0n) is 10.4. The monoisotopic (exact) mass is 241 g/mol. The van der Waals surface area contributed by atoms with Crippen molar-refractivity contribution in [1.29, 1.82) is 0 Å². The number of ether oxygens (including phenoxy) is 1. The van der Waals surface area contributed by atoms with E-state index in [0.29, 0.717) is 12.8 Å². The Balaban J connectivity index is 2.37. The summed E-state index contributed by atoms with van der Waals surface area (Å²) in [5, 5.41) is 2.89. The van der Waals surface area contributed by atoms with E-state index in [1.165, 1.54) is 0 Å². The number of aromatic nitrogens is 1. The first-order chi connectivity index (χ1) is 7.43. The second-order valence-electron chi connectivity index (χ2n) is 4.56. The number of thiazole rings is 1. The predicted molar refractivity (Wildman–Crippen MR) is 65.9 cm³/mol. The quantitative estimate of drug-likeness (QED) is 0.768. The van der Waals surface area contributed by atoms with E-state index in [1.54, 1.807) is 18.4 Å². The van der Waals surface area contributed by atoms with Crippen LogP contribution < -0.4 is 0 Å². The predicted octanol–water partition coefficient (Wildman–Crippen LogP) is 2.77. The van der Waals surface area contributed by atoms with Crippen LogP contribution in [0.3, 0.4) is 0 Å². The van der Waals surface area contributed by atoms with E-state index in [1.807, 2.05) is 26.2 Å². The number of Topliss-reactive ketones (excluding diaryl/α,β-unsaturated/α-hetero) is 1. The fraction of sp³-hybridized carbons (Fsp3) is 0.667. The molecule has 0 spiro atoms. The molecule has 16 heavy (non-hydrogen) atoms. The summed E-state index contributed by atoms with van der Waals surface area (Å²) >= 11 is 1.55. The van der Waals surface area contributed by atoms with Crippen molar-refractivity contribution in [2.24, 2.45) is 0 Å². The molecule has 0 saturated heterocycles. The second kappa shape index (κ2) is 5.55. The van der Waals surface area contributed by atoms with Crippen molar-refractivity contribution < 1.29 is 9.53 Å². The molecule has 3 nitrogen and oxygen atoms in total. The maximum atomic E-state index is 11.7. The fourth-order valence-corrected chi connectivity index (χ4v) is 2.08. The van der Waals surface area contributed by atoms with Gasteiger partial charge in [-0.05, 0) is 27.2 Å². The topological polar surface area (TPSA) is 39.2 Å². The van der Waals surface area contributed by atoms with Gasteiger partial charge in [0.05, 0.1) is 12.0 Å². The highest BCUT2D eigenvalue weighted by Gasteiger charge is 2.18. The van der Waals surface area contributed by atoms with E-state index >= 15 is 0 Å². The van der Waals surface area contributed by atoms with Crippen LogP contribution in [-0.4, -0.2) is 23.5 Å². The number of ketones is 1. The molecule has 0 atom stereocenters. The minimum Gasteiger partial charge on any atom is -0.379 e. The molecule has 0 aliphatic heterocycles.